The molecule has 0 N–H and O–H groups in total. The Morgan fingerprint density at radius 2 is 2.17 bits per heavy atom. The van der Waals surface area contributed by atoms with Gasteiger partial charge in [-0.2, -0.15) is 4.28 Å². The van der Waals surface area contributed by atoms with E-state index in [0.717, 1.165) is 12.0 Å². The van der Waals surface area contributed by atoms with Crippen LogP contribution in [-0.2, 0) is 4.28 Å². The van der Waals surface area contributed by atoms with E-state index in [2.05, 4.69) is 4.28 Å². The summed E-state index contributed by atoms with van der Waals surface area (Å²) >= 11 is 1.04. The fourth-order valence-corrected chi connectivity index (χ4v) is 0.258. The first-order valence-electron chi connectivity index (χ1n) is 1.74. The molecule has 0 aromatic heterocycles. The first-order valence-corrected chi connectivity index (χ1v) is 2.54. The van der Waals surface area contributed by atoms with Crippen LogP contribution in [0.15, 0.2) is 0 Å². The maximum absolute atomic E-state index is 7.70. The van der Waals surface area contributed by atoms with E-state index in [-0.39, 0.29) is 0 Å². The van der Waals surface area contributed by atoms with Gasteiger partial charge in [-0.3, -0.25) is 0 Å². The van der Waals surface area contributed by atoms with Crippen LogP contribution in [0, 0.1) is 0 Å². The Bertz CT molecular complexity index is 32.0. The third-order valence-electron chi connectivity index (χ3n) is 0.235. The Kier molecular flexibility index (Phi) is 3.62. The van der Waals surface area contributed by atoms with Crippen LogP contribution < -0.4 is 5.90 Å². The monoisotopic (exact) mass is 105 g/mol. The van der Waals surface area contributed by atoms with Gasteiger partial charge in [0.2, 0.25) is 0 Å². The molecular formula is C3H7NOS. The summed E-state index contributed by atoms with van der Waals surface area (Å²) in [4.78, 5) is 0. The lowest BCUT2D eigenvalue weighted by molar-refractivity contribution is 0.366. The molecule has 0 saturated carbocycles. The maximum Gasteiger partial charge on any atom is 0.0543 e. The number of hydrogen-bond donors (Lipinski definition) is 0. The van der Waals surface area contributed by atoms with Crippen molar-refractivity contribution in [1.29, 1.82) is 0 Å². The summed E-state index contributed by atoms with van der Waals surface area (Å²) in [5.74, 6) is 7.70. The average Bonchev–Trinajstić information content (AvgIpc) is 1.35. The van der Waals surface area contributed by atoms with Gasteiger partial charge in [-0.25, -0.2) is 0 Å². The highest BCUT2D eigenvalue weighted by Gasteiger charge is 1.89. The molecule has 0 rings (SSSR count). The highest BCUT2D eigenvalue weighted by Crippen LogP contribution is 2.06. The first kappa shape index (κ1) is 6.27. The molecule has 2 nitrogen and oxygen atoms in total. The van der Waals surface area contributed by atoms with Crippen LogP contribution in [0.4, 0.5) is 0 Å². The minimum Gasteiger partial charge on any atom is -0.191 e. The molecule has 0 heterocycles. The molecule has 0 bridgehead atoms. The topological polar surface area (TPSA) is 31.5 Å². The van der Waals surface area contributed by atoms with E-state index < -0.39 is 0 Å². The third-order valence-corrected chi connectivity index (χ3v) is 0.706. The fraction of sp³-hybridized carbons (Fsp3) is 1.00. The second kappa shape index (κ2) is 3.46. The predicted molar refractivity (Wildman–Crippen MR) is 25.9 cm³/mol. The minimum atomic E-state index is 0.343. The summed E-state index contributed by atoms with van der Waals surface area (Å²) in [6.45, 7) is 3.86. The van der Waals surface area contributed by atoms with E-state index in [1.165, 1.54) is 0 Å². The molecule has 0 aliphatic carbocycles. The lowest BCUT2D eigenvalue weighted by Crippen LogP contribution is -1.85. The van der Waals surface area contributed by atoms with Crippen LogP contribution in [0.3, 0.4) is 0 Å². The summed E-state index contributed by atoms with van der Waals surface area (Å²) < 4.78 is 3.72. The lowest BCUT2D eigenvalue weighted by atomic mass is 10.6. The van der Waals surface area contributed by atoms with Crippen molar-refractivity contribution in [2.24, 2.45) is 0 Å². The number of hydrogen-bond acceptors (Lipinski definition) is 2. The number of rotatable bonds is 2. The summed E-state index contributed by atoms with van der Waals surface area (Å²) in [6.07, 6.45) is 0. The summed E-state index contributed by atoms with van der Waals surface area (Å²) in [5, 5.41) is 0.343. The maximum atomic E-state index is 7.70. The molecule has 0 atom stereocenters. The molecule has 0 saturated heterocycles. The van der Waals surface area contributed by atoms with E-state index in [1.807, 2.05) is 13.8 Å². The van der Waals surface area contributed by atoms with Gasteiger partial charge in [0.1, 0.15) is 0 Å². The zero-order valence-electron chi connectivity index (χ0n) is 3.84. The Balaban J connectivity index is 2.63. The van der Waals surface area contributed by atoms with E-state index in [1.54, 1.807) is 0 Å². The van der Waals surface area contributed by atoms with Gasteiger partial charge in [0.15, 0.2) is 0 Å². The SMILES string of the molecule is CC(C)SO[N]. The smallest absolute Gasteiger partial charge is 0.0543 e. The van der Waals surface area contributed by atoms with Gasteiger partial charge >= 0.3 is 0 Å². The molecule has 6 heavy (non-hydrogen) atoms. The average molecular weight is 105 g/mol. The second-order valence-electron chi connectivity index (χ2n) is 1.22. The van der Waals surface area contributed by atoms with Gasteiger partial charge in [-0.1, -0.05) is 13.8 Å². The molecule has 36 valence electrons. The molecular weight excluding hydrogens is 98.1 g/mol. The van der Waals surface area contributed by atoms with Gasteiger partial charge in [-0.05, 0) is 0 Å². The Morgan fingerprint density at radius 1 is 1.67 bits per heavy atom. The Labute approximate surface area is 42.2 Å². The molecule has 0 spiro atoms. The largest absolute Gasteiger partial charge is 0.191 e. The lowest BCUT2D eigenvalue weighted by Gasteiger charge is -1.92. The molecule has 0 aromatic carbocycles. The van der Waals surface area contributed by atoms with Gasteiger partial charge in [0.25, 0.3) is 0 Å². The van der Waals surface area contributed by atoms with Gasteiger partial charge in [0, 0.05) is 17.3 Å². The van der Waals surface area contributed by atoms with Crippen molar-refractivity contribution in [2.45, 2.75) is 19.1 Å². The van der Waals surface area contributed by atoms with E-state index in [9.17, 15) is 0 Å². The molecule has 2 radical (unpaired) electrons. The minimum absolute atomic E-state index is 0.343. The summed E-state index contributed by atoms with van der Waals surface area (Å²) in [7, 11) is 0. The fourth-order valence-electron chi connectivity index (χ4n) is 0.0861. The highest BCUT2D eigenvalue weighted by molar-refractivity contribution is 7.95. The van der Waals surface area contributed by atoms with Crippen molar-refractivity contribution < 1.29 is 4.28 Å². The van der Waals surface area contributed by atoms with E-state index in [0.29, 0.717) is 5.25 Å². The first-order chi connectivity index (χ1) is 2.77. The third kappa shape index (κ3) is 4.27. The quantitative estimate of drug-likeness (QED) is 0.388. The molecule has 0 aliphatic heterocycles. The van der Waals surface area contributed by atoms with E-state index >= 15 is 0 Å². The summed E-state index contributed by atoms with van der Waals surface area (Å²) in [6, 6.07) is 0. The van der Waals surface area contributed by atoms with Gasteiger partial charge in [0.05, 0.1) is 5.90 Å². The highest BCUT2D eigenvalue weighted by atomic mass is 32.2. The standard InChI is InChI=1S/C3H7NOS/c1-3(2)6-5-4/h3H,1-2H3. The van der Waals surface area contributed by atoms with Gasteiger partial charge < -0.3 is 0 Å². The van der Waals surface area contributed by atoms with E-state index in [4.69, 9.17) is 5.90 Å². The molecule has 0 unspecified atom stereocenters. The van der Waals surface area contributed by atoms with Crippen molar-refractivity contribution in [1.82, 2.24) is 5.90 Å². The Morgan fingerprint density at radius 3 is 2.17 bits per heavy atom. The molecule has 3 heteroatoms. The van der Waals surface area contributed by atoms with Crippen LogP contribution in [-0.4, -0.2) is 5.25 Å². The molecule has 0 amide bonds. The van der Waals surface area contributed by atoms with Crippen LogP contribution in [0.25, 0.3) is 0 Å². The van der Waals surface area contributed by atoms with Gasteiger partial charge in [-0.15, -0.1) is 0 Å². The van der Waals surface area contributed by atoms with Crippen molar-refractivity contribution in [2.75, 3.05) is 0 Å². The normalized spacial score (nSPS) is 10.0. The Hall–Kier alpha value is 0.270. The predicted octanol–water partition coefficient (Wildman–Crippen LogP) is 1.04. The molecule has 0 aliphatic rings. The zero-order chi connectivity index (χ0) is 4.99. The van der Waals surface area contributed by atoms with Crippen molar-refractivity contribution in [3.05, 3.63) is 0 Å². The summed E-state index contributed by atoms with van der Waals surface area (Å²) in [5.41, 5.74) is 0. The molecule has 0 fully saturated rings. The van der Waals surface area contributed by atoms with Crippen LogP contribution in [0.5, 0.6) is 0 Å². The second-order valence-corrected chi connectivity index (χ2v) is 2.50. The number of nitrogens with zero attached hydrogens (tertiary/aromatic N) is 1. The van der Waals surface area contributed by atoms with Crippen molar-refractivity contribution in [3.8, 4) is 0 Å². The van der Waals surface area contributed by atoms with Crippen molar-refractivity contribution in [3.63, 3.8) is 0 Å². The molecule has 0 aromatic rings. The van der Waals surface area contributed by atoms with Crippen LogP contribution in [0.1, 0.15) is 13.8 Å². The van der Waals surface area contributed by atoms with Crippen LogP contribution >= 0.6 is 12.0 Å². The van der Waals surface area contributed by atoms with Crippen LogP contribution in [0.2, 0.25) is 0 Å². The zero-order valence-corrected chi connectivity index (χ0v) is 4.66. The van der Waals surface area contributed by atoms with Crippen molar-refractivity contribution >= 4 is 12.0 Å².